The highest BCUT2D eigenvalue weighted by atomic mass is 16.5. The largest absolute Gasteiger partial charge is 0.484 e. The molecule has 0 aliphatic carbocycles. The van der Waals surface area contributed by atoms with Crippen molar-refractivity contribution in [1.82, 2.24) is 4.98 Å². The molecule has 0 amide bonds. The normalized spacial score (nSPS) is 9.87. The third kappa shape index (κ3) is 2.43. The Labute approximate surface area is 86.5 Å². The van der Waals surface area contributed by atoms with Crippen molar-refractivity contribution in [3.05, 3.63) is 48.2 Å². The molecule has 0 atom stereocenters. The number of nitrogens with zero attached hydrogens (tertiary/aromatic N) is 1. The van der Waals surface area contributed by atoms with E-state index in [1.54, 1.807) is 24.6 Å². The minimum Gasteiger partial charge on any atom is -0.484 e. The lowest BCUT2D eigenvalue weighted by molar-refractivity contribution is 0.112. The van der Waals surface area contributed by atoms with Crippen molar-refractivity contribution in [3.63, 3.8) is 0 Å². The van der Waals surface area contributed by atoms with Gasteiger partial charge < -0.3 is 9.15 Å². The summed E-state index contributed by atoms with van der Waals surface area (Å²) >= 11 is 0. The van der Waals surface area contributed by atoms with Crippen LogP contribution in [0.4, 0.5) is 0 Å². The molecule has 0 N–H and O–H groups in total. The van der Waals surface area contributed by atoms with Gasteiger partial charge in [0, 0.05) is 11.8 Å². The number of pyridine rings is 1. The fourth-order valence-electron chi connectivity index (χ4n) is 1.13. The number of ether oxygens (including phenoxy) is 1. The lowest BCUT2D eigenvalue weighted by Crippen LogP contribution is -1.95. The quantitative estimate of drug-likeness (QED) is 0.714. The number of hydrogen-bond acceptors (Lipinski definition) is 4. The Bertz CT molecular complexity index is 437. The summed E-state index contributed by atoms with van der Waals surface area (Å²) in [5, 5.41) is 0. The van der Waals surface area contributed by atoms with Gasteiger partial charge in [0.15, 0.2) is 6.29 Å². The average molecular weight is 203 g/mol. The van der Waals surface area contributed by atoms with Crippen LogP contribution in [0.1, 0.15) is 16.1 Å². The Morgan fingerprint density at radius 2 is 2.40 bits per heavy atom. The van der Waals surface area contributed by atoms with E-state index in [1.807, 2.05) is 6.07 Å². The molecule has 0 fully saturated rings. The molecule has 0 saturated heterocycles. The van der Waals surface area contributed by atoms with Gasteiger partial charge in [0.1, 0.15) is 18.1 Å². The molecule has 2 aromatic heterocycles. The first-order valence-corrected chi connectivity index (χ1v) is 4.44. The zero-order valence-corrected chi connectivity index (χ0v) is 7.92. The van der Waals surface area contributed by atoms with E-state index in [9.17, 15) is 4.79 Å². The first-order chi connectivity index (χ1) is 7.38. The van der Waals surface area contributed by atoms with E-state index >= 15 is 0 Å². The molecule has 0 radical (unpaired) electrons. The molecule has 0 spiro atoms. The smallest absolute Gasteiger partial charge is 0.151 e. The minimum absolute atomic E-state index is 0.330. The van der Waals surface area contributed by atoms with Crippen LogP contribution < -0.4 is 4.74 Å². The van der Waals surface area contributed by atoms with Crippen LogP contribution in [0, 0.1) is 0 Å². The first kappa shape index (κ1) is 9.45. The maximum atomic E-state index is 10.5. The van der Waals surface area contributed by atoms with Gasteiger partial charge in [0.2, 0.25) is 0 Å². The van der Waals surface area contributed by atoms with Gasteiger partial charge in [-0.1, -0.05) is 0 Å². The molecular weight excluding hydrogens is 194 g/mol. The van der Waals surface area contributed by atoms with Gasteiger partial charge in [-0.05, 0) is 18.2 Å². The molecule has 0 aliphatic rings. The molecule has 0 aromatic carbocycles. The molecule has 2 aromatic rings. The van der Waals surface area contributed by atoms with Crippen molar-refractivity contribution in [1.29, 1.82) is 0 Å². The summed E-state index contributed by atoms with van der Waals surface area (Å²) in [5.41, 5.74) is 0.493. The Hall–Kier alpha value is -2.10. The maximum absolute atomic E-state index is 10.5. The highest BCUT2D eigenvalue weighted by Gasteiger charge is 1.99. The monoisotopic (exact) mass is 203 g/mol. The summed E-state index contributed by atoms with van der Waals surface area (Å²) < 4.78 is 10.5. The second kappa shape index (κ2) is 4.41. The van der Waals surface area contributed by atoms with Gasteiger partial charge in [-0.25, -0.2) is 0 Å². The molecule has 0 aliphatic heterocycles. The van der Waals surface area contributed by atoms with Crippen LogP contribution in [-0.2, 0) is 6.61 Å². The molecule has 0 saturated carbocycles. The fraction of sp³-hybridized carbons (Fsp3) is 0.0909. The lowest BCUT2D eigenvalue weighted by atomic mass is 10.3. The van der Waals surface area contributed by atoms with Gasteiger partial charge in [0.05, 0.1) is 12.5 Å². The van der Waals surface area contributed by atoms with Gasteiger partial charge in [-0.15, -0.1) is 0 Å². The number of aromatic nitrogens is 1. The Morgan fingerprint density at radius 1 is 1.47 bits per heavy atom. The predicted molar refractivity (Wildman–Crippen MR) is 52.7 cm³/mol. The number of furan rings is 1. The van der Waals surface area contributed by atoms with E-state index in [1.165, 1.54) is 6.20 Å². The SMILES string of the molecule is O=Cc1cncc(OCc2ccco2)c1. The Balaban J connectivity index is 2.01. The van der Waals surface area contributed by atoms with Crippen molar-refractivity contribution in [2.24, 2.45) is 0 Å². The summed E-state index contributed by atoms with van der Waals surface area (Å²) in [7, 11) is 0. The molecule has 76 valence electrons. The van der Waals surface area contributed by atoms with Crippen LogP contribution in [0.3, 0.4) is 0 Å². The van der Waals surface area contributed by atoms with Crippen LogP contribution in [0.5, 0.6) is 5.75 Å². The zero-order valence-electron chi connectivity index (χ0n) is 7.92. The van der Waals surface area contributed by atoms with E-state index in [0.29, 0.717) is 17.9 Å². The summed E-state index contributed by atoms with van der Waals surface area (Å²) in [6.45, 7) is 0.330. The second-order valence-electron chi connectivity index (χ2n) is 2.94. The van der Waals surface area contributed by atoms with Crippen molar-refractivity contribution in [3.8, 4) is 5.75 Å². The Morgan fingerprint density at radius 3 is 3.13 bits per heavy atom. The van der Waals surface area contributed by atoms with Crippen molar-refractivity contribution in [2.45, 2.75) is 6.61 Å². The molecular formula is C11H9NO3. The third-order valence-electron chi connectivity index (χ3n) is 1.83. The number of aldehydes is 1. The number of carbonyl (C=O) groups excluding carboxylic acids is 1. The first-order valence-electron chi connectivity index (χ1n) is 4.44. The van der Waals surface area contributed by atoms with E-state index in [2.05, 4.69) is 4.98 Å². The van der Waals surface area contributed by atoms with Crippen molar-refractivity contribution in [2.75, 3.05) is 0 Å². The lowest BCUT2D eigenvalue weighted by Gasteiger charge is -2.03. The van der Waals surface area contributed by atoms with E-state index in [0.717, 1.165) is 12.0 Å². The van der Waals surface area contributed by atoms with Gasteiger partial charge >= 0.3 is 0 Å². The predicted octanol–water partition coefficient (Wildman–Crippen LogP) is 2.07. The van der Waals surface area contributed by atoms with Gasteiger partial charge in [-0.2, -0.15) is 0 Å². The van der Waals surface area contributed by atoms with Crippen LogP contribution in [0.15, 0.2) is 41.3 Å². The summed E-state index contributed by atoms with van der Waals surface area (Å²) in [5.74, 6) is 1.28. The second-order valence-corrected chi connectivity index (χ2v) is 2.94. The third-order valence-corrected chi connectivity index (χ3v) is 1.83. The Kier molecular flexibility index (Phi) is 2.78. The summed E-state index contributed by atoms with van der Waals surface area (Å²) in [4.78, 5) is 14.3. The highest BCUT2D eigenvalue weighted by molar-refractivity contribution is 5.74. The standard InChI is InChI=1S/C11H9NO3/c13-7-9-4-11(6-12-5-9)15-8-10-2-1-3-14-10/h1-7H,8H2. The molecule has 0 unspecified atom stereocenters. The highest BCUT2D eigenvalue weighted by Crippen LogP contribution is 2.12. The minimum atomic E-state index is 0.330. The molecule has 0 bridgehead atoms. The van der Waals surface area contributed by atoms with Crippen molar-refractivity contribution >= 4 is 6.29 Å². The van der Waals surface area contributed by atoms with E-state index < -0.39 is 0 Å². The summed E-state index contributed by atoms with van der Waals surface area (Å²) in [6, 6.07) is 5.23. The number of carbonyl (C=O) groups is 1. The average Bonchev–Trinajstić information content (AvgIpc) is 2.79. The number of hydrogen-bond donors (Lipinski definition) is 0. The topological polar surface area (TPSA) is 52.3 Å². The van der Waals surface area contributed by atoms with Crippen LogP contribution in [0.25, 0.3) is 0 Å². The maximum Gasteiger partial charge on any atom is 0.151 e. The van der Waals surface area contributed by atoms with Gasteiger partial charge in [-0.3, -0.25) is 9.78 Å². The molecule has 15 heavy (non-hydrogen) atoms. The van der Waals surface area contributed by atoms with E-state index in [4.69, 9.17) is 9.15 Å². The molecule has 2 rings (SSSR count). The molecule has 2 heterocycles. The molecule has 4 heteroatoms. The van der Waals surface area contributed by atoms with Crippen molar-refractivity contribution < 1.29 is 13.9 Å². The fourth-order valence-corrected chi connectivity index (χ4v) is 1.13. The van der Waals surface area contributed by atoms with E-state index in [-0.39, 0.29) is 0 Å². The molecule has 4 nitrogen and oxygen atoms in total. The van der Waals surface area contributed by atoms with Crippen LogP contribution in [-0.4, -0.2) is 11.3 Å². The number of rotatable bonds is 4. The van der Waals surface area contributed by atoms with Crippen LogP contribution >= 0.6 is 0 Å². The zero-order chi connectivity index (χ0) is 10.5. The summed E-state index contributed by atoms with van der Waals surface area (Å²) in [6.07, 6.45) is 5.34. The van der Waals surface area contributed by atoms with Crippen LogP contribution in [0.2, 0.25) is 0 Å². The van der Waals surface area contributed by atoms with Gasteiger partial charge in [0.25, 0.3) is 0 Å².